The third-order valence-corrected chi connectivity index (χ3v) is 6.11. The van der Waals surface area contributed by atoms with Crippen LogP contribution in [0.2, 0.25) is 0 Å². The summed E-state index contributed by atoms with van der Waals surface area (Å²) in [5.74, 6) is 0.454. The van der Waals surface area contributed by atoms with Gasteiger partial charge in [-0.2, -0.15) is 0 Å². The van der Waals surface area contributed by atoms with E-state index in [1.54, 1.807) is 30.3 Å². The Kier molecular flexibility index (Phi) is 5.45. The molecule has 0 aromatic heterocycles. The molecule has 2 aromatic carbocycles. The van der Waals surface area contributed by atoms with Crippen LogP contribution in [0.25, 0.3) is 0 Å². The van der Waals surface area contributed by atoms with E-state index in [-0.39, 0.29) is 16.4 Å². The Morgan fingerprint density at radius 3 is 2.60 bits per heavy atom. The van der Waals surface area contributed by atoms with Crippen molar-refractivity contribution in [3.8, 4) is 0 Å². The third-order valence-electron chi connectivity index (χ3n) is 3.31. The summed E-state index contributed by atoms with van der Waals surface area (Å²) in [4.78, 5) is 16.4. The molecule has 2 aromatic rings. The number of benzene rings is 2. The Morgan fingerprint density at radius 1 is 1.16 bits per heavy atom. The number of nitrogens with zero attached hydrogens (tertiary/aromatic N) is 1. The van der Waals surface area contributed by atoms with Crippen molar-refractivity contribution >= 4 is 54.5 Å². The molecule has 6 nitrogen and oxygen atoms in total. The van der Waals surface area contributed by atoms with Crippen LogP contribution in [0.4, 0.5) is 5.69 Å². The summed E-state index contributed by atoms with van der Waals surface area (Å²) in [5.41, 5.74) is 0.698. The molecule has 130 valence electrons. The number of hydrogen-bond acceptors (Lipinski definition) is 5. The Balaban J connectivity index is 1.79. The number of anilines is 1. The van der Waals surface area contributed by atoms with Gasteiger partial charge in [0.15, 0.2) is 5.17 Å². The Bertz CT molecular complexity index is 928. The number of rotatable bonds is 4. The Morgan fingerprint density at radius 2 is 1.92 bits per heavy atom. The van der Waals surface area contributed by atoms with E-state index in [4.69, 9.17) is 0 Å². The summed E-state index contributed by atoms with van der Waals surface area (Å²) < 4.78 is 28.4. The molecule has 1 aliphatic heterocycles. The van der Waals surface area contributed by atoms with E-state index < -0.39 is 10.0 Å². The molecule has 2 N–H and O–H groups in total. The number of aliphatic imine (C=N–C) groups is 1. The molecule has 9 heteroatoms. The lowest BCUT2D eigenvalue weighted by Gasteiger charge is -2.10. The summed E-state index contributed by atoms with van der Waals surface area (Å²) in [6, 6.07) is 12.7. The third kappa shape index (κ3) is 4.62. The van der Waals surface area contributed by atoms with E-state index in [9.17, 15) is 13.2 Å². The SMILES string of the molecule is O=C(NC1=NCCS1)c1cccc(S(=O)(=O)Nc2ccc(Br)cc2)c1. The van der Waals surface area contributed by atoms with Crippen molar-refractivity contribution in [2.24, 2.45) is 4.99 Å². The minimum atomic E-state index is -3.79. The van der Waals surface area contributed by atoms with E-state index in [0.717, 1.165) is 10.2 Å². The van der Waals surface area contributed by atoms with Gasteiger partial charge in [-0.25, -0.2) is 8.42 Å². The molecule has 0 fully saturated rings. The molecular formula is C16H14BrN3O3S2. The summed E-state index contributed by atoms with van der Waals surface area (Å²) in [6.07, 6.45) is 0. The minimum absolute atomic E-state index is 0.0177. The van der Waals surface area contributed by atoms with Gasteiger partial charge in [-0.05, 0) is 42.5 Å². The monoisotopic (exact) mass is 439 g/mol. The maximum Gasteiger partial charge on any atom is 0.261 e. The van der Waals surface area contributed by atoms with Crippen LogP contribution in [0.15, 0.2) is 62.9 Å². The maximum absolute atomic E-state index is 12.5. The molecule has 0 saturated carbocycles. The maximum atomic E-state index is 12.5. The lowest BCUT2D eigenvalue weighted by atomic mass is 10.2. The molecule has 0 radical (unpaired) electrons. The fourth-order valence-electron chi connectivity index (χ4n) is 2.12. The second-order valence-electron chi connectivity index (χ2n) is 5.13. The fraction of sp³-hybridized carbons (Fsp3) is 0.125. The van der Waals surface area contributed by atoms with Crippen molar-refractivity contribution in [2.75, 3.05) is 17.0 Å². The van der Waals surface area contributed by atoms with Crippen LogP contribution in [-0.2, 0) is 10.0 Å². The molecule has 1 aliphatic rings. The molecule has 0 saturated heterocycles. The fourth-order valence-corrected chi connectivity index (χ4v) is 4.21. The van der Waals surface area contributed by atoms with Gasteiger partial charge < -0.3 is 5.32 Å². The summed E-state index contributed by atoms with van der Waals surface area (Å²) >= 11 is 4.76. The first-order valence-electron chi connectivity index (χ1n) is 7.31. The van der Waals surface area contributed by atoms with Gasteiger partial charge in [-0.3, -0.25) is 14.5 Å². The largest absolute Gasteiger partial charge is 0.301 e. The number of amides is 1. The van der Waals surface area contributed by atoms with Gasteiger partial charge in [0.25, 0.3) is 15.9 Å². The van der Waals surface area contributed by atoms with E-state index in [1.165, 1.54) is 30.0 Å². The number of carbonyl (C=O) groups is 1. The van der Waals surface area contributed by atoms with Gasteiger partial charge in [0.1, 0.15) is 0 Å². The van der Waals surface area contributed by atoms with Crippen molar-refractivity contribution in [3.63, 3.8) is 0 Å². The van der Waals surface area contributed by atoms with Crippen molar-refractivity contribution < 1.29 is 13.2 Å². The van der Waals surface area contributed by atoms with Gasteiger partial charge >= 0.3 is 0 Å². The van der Waals surface area contributed by atoms with Gasteiger partial charge in [0, 0.05) is 21.5 Å². The molecule has 0 spiro atoms. The molecule has 0 unspecified atom stereocenters. The highest BCUT2D eigenvalue weighted by molar-refractivity contribution is 9.10. The molecule has 0 aliphatic carbocycles. The van der Waals surface area contributed by atoms with Gasteiger partial charge in [0.2, 0.25) is 0 Å². The number of carbonyl (C=O) groups excluding carboxylic acids is 1. The zero-order valence-electron chi connectivity index (χ0n) is 12.9. The van der Waals surface area contributed by atoms with Crippen LogP contribution in [0, 0.1) is 0 Å². The molecule has 0 atom stereocenters. The first-order valence-corrected chi connectivity index (χ1v) is 10.6. The highest BCUT2D eigenvalue weighted by Crippen LogP contribution is 2.19. The van der Waals surface area contributed by atoms with Crippen molar-refractivity contribution in [1.29, 1.82) is 0 Å². The number of hydrogen-bond donors (Lipinski definition) is 2. The predicted octanol–water partition coefficient (Wildman–Crippen LogP) is 3.08. The Hall–Kier alpha value is -1.84. The van der Waals surface area contributed by atoms with Gasteiger partial charge in [0.05, 0.1) is 11.4 Å². The van der Waals surface area contributed by atoms with E-state index in [2.05, 4.69) is 31.0 Å². The molecule has 25 heavy (non-hydrogen) atoms. The highest BCUT2D eigenvalue weighted by Gasteiger charge is 2.18. The zero-order valence-corrected chi connectivity index (χ0v) is 16.1. The molecule has 1 amide bonds. The van der Waals surface area contributed by atoms with Crippen molar-refractivity contribution in [2.45, 2.75) is 4.90 Å². The number of nitrogens with one attached hydrogen (secondary N) is 2. The number of sulfonamides is 1. The van der Waals surface area contributed by atoms with Crippen LogP contribution >= 0.6 is 27.7 Å². The average molecular weight is 440 g/mol. The minimum Gasteiger partial charge on any atom is -0.301 e. The quantitative estimate of drug-likeness (QED) is 0.765. The first kappa shape index (κ1) is 18.0. The lowest BCUT2D eigenvalue weighted by molar-refractivity contribution is 0.0978. The van der Waals surface area contributed by atoms with Crippen LogP contribution in [0.5, 0.6) is 0 Å². The van der Waals surface area contributed by atoms with Crippen molar-refractivity contribution in [3.05, 3.63) is 58.6 Å². The average Bonchev–Trinajstić information content (AvgIpc) is 3.10. The Labute approximate surface area is 158 Å². The first-order chi connectivity index (χ1) is 11.9. The number of amidine groups is 1. The second-order valence-corrected chi connectivity index (χ2v) is 8.81. The normalized spacial score (nSPS) is 14.0. The van der Waals surface area contributed by atoms with E-state index in [0.29, 0.717) is 17.4 Å². The topological polar surface area (TPSA) is 87.6 Å². The highest BCUT2D eigenvalue weighted by atomic mass is 79.9. The number of thioether (sulfide) groups is 1. The van der Waals surface area contributed by atoms with Crippen LogP contribution < -0.4 is 10.0 Å². The van der Waals surface area contributed by atoms with Crippen molar-refractivity contribution in [1.82, 2.24) is 5.32 Å². The summed E-state index contributed by atoms with van der Waals surface area (Å²) in [7, 11) is -3.79. The number of halogens is 1. The summed E-state index contributed by atoms with van der Waals surface area (Å²) in [6.45, 7) is 0.672. The standard InChI is InChI=1S/C16H14BrN3O3S2/c17-12-4-6-13(7-5-12)20-25(22,23)14-3-1-2-11(10-14)15(21)19-16-18-8-9-24-16/h1-7,10,20H,8-9H2,(H,18,19,21). The summed E-state index contributed by atoms with van der Waals surface area (Å²) in [5, 5.41) is 3.24. The lowest BCUT2D eigenvalue weighted by Crippen LogP contribution is -2.27. The van der Waals surface area contributed by atoms with E-state index >= 15 is 0 Å². The smallest absolute Gasteiger partial charge is 0.261 e. The zero-order chi connectivity index (χ0) is 17.9. The van der Waals surface area contributed by atoms with Crippen LogP contribution in [-0.4, -0.2) is 31.8 Å². The molecule has 0 bridgehead atoms. The molecule has 1 heterocycles. The van der Waals surface area contributed by atoms with Crippen LogP contribution in [0.1, 0.15) is 10.4 Å². The molecular weight excluding hydrogens is 426 g/mol. The second kappa shape index (κ2) is 7.59. The molecule has 3 rings (SSSR count). The predicted molar refractivity (Wildman–Crippen MR) is 104 cm³/mol. The van der Waals surface area contributed by atoms with Gasteiger partial charge in [-0.1, -0.05) is 33.8 Å². The van der Waals surface area contributed by atoms with Gasteiger partial charge in [-0.15, -0.1) is 0 Å². The van der Waals surface area contributed by atoms with E-state index in [1.807, 2.05) is 0 Å². The van der Waals surface area contributed by atoms with Crippen LogP contribution in [0.3, 0.4) is 0 Å².